The Bertz CT molecular complexity index is 950. The van der Waals surface area contributed by atoms with Crippen LogP contribution >= 0.6 is 27.7 Å². The van der Waals surface area contributed by atoms with Gasteiger partial charge in [-0.15, -0.1) is 0 Å². The Morgan fingerprint density at radius 3 is 2.69 bits per heavy atom. The molecule has 1 fully saturated rings. The lowest BCUT2D eigenvalue weighted by Crippen LogP contribution is -2.27. The zero-order valence-electron chi connectivity index (χ0n) is 13.1. The predicted octanol–water partition coefficient (Wildman–Crippen LogP) is 4.74. The standard InChI is InChI=1S/C17H11BrN2O5S/c18-13-6-2-1-4-11(13)10-19-16(21)14(26-17(19)22)7-3-5-12-8-9-15(25-12)20(23)24/h1-9H,10H2/b5-3+,14-7-. The van der Waals surface area contributed by atoms with E-state index in [4.69, 9.17) is 4.42 Å². The molecule has 1 saturated heterocycles. The lowest BCUT2D eigenvalue weighted by molar-refractivity contribution is -0.402. The second kappa shape index (κ2) is 7.71. The molecule has 0 aliphatic carbocycles. The van der Waals surface area contributed by atoms with Crippen molar-refractivity contribution in [1.82, 2.24) is 4.90 Å². The number of benzene rings is 1. The van der Waals surface area contributed by atoms with E-state index in [0.717, 1.165) is 21.8 Å². The summed E-state index contributed by atoms with van der Waals surface area (Å²) in [6.07, 6.45) is 4.48. The molecule has 132 valence electrons. The molecule has 1 aromatic heterocycles. The maximum absolute atomic E-state index is 12.4. The van der Waals surface area contributed by atoms with Gasteiger partial charge in [-0.25, -0.2) is 0 Å². The summed E-state index contributed by atoms with van der Waals surface area (Å²) in [5.41, 5.74) is 0.828. The van der Waals surface area contributed by atoms with Gasteiger partial charge in [0.25, 0.3) is 11.1 Å². The number of carbonyl (C=O) groups excluding carboxylic acids is 2. The number of imide groups is 1. The highest BCUT2D eigenvalue weighted by Gasteiger charge is 2.34. The first-order chi connectivity index (χ1) is 12.5. The molecule has 1 aliphatic heterocycles. The van der Waals surface area contributed by atoms with Crippen LogP contribution in [0, 0.1) is 10.1 Å². The molecule has 0 N–H and O–H groups in total. The summed E-state index contributed by atoms with van der Waals surface area (Å²) in [4.78, 5) is 35.9. The minimum Gasteiger partial charge on any atom is -0.401 e. The third-order valence-electron chi connectivity index (χ3n) is 3.46. The van der Waals surface area contributed by atoms with Crippen LogP contribution in [-0.4, -0.2) is 21.0 Å². The normalized spacial score (nSPS) is 16.2. The van der Waals surface area contributed by atoms with Crippen LogP contribution < -0.4 is 0 Å². The number of hydrogen-bond donors (Lipinski definition) is 0. The molecule has 2 amide bonds. The Morgan fingerprint density at radius 1 is 1.23 bits per heavy atom. The topological polar surface area (TPSA) is 93.7 Å². The highest BCUT2D eigenvalue weighted by molar-refractivity contribution is 9.10. The number of hydrogen-bond acceptors (Lipinski definition) is 6. The van der Waals surface area contributed by atoms with Gasteiger partial charge in [0.1, 0.15) is 10.7 Å². The highest BCUT2D eigenvalue weighted by atomic mass is 79.9. The maximum atomic E-state index is 12.4. The van der Waals surface area contributed by atoms with Gasteiger partial charge in [-0.1, -0.05) is 40.2 Å². The van der Waals surface area contributed by atoms with Crippen LogP contribution in [0.25, 0.3) is 6.08 Å². The lowest BCUT2D eigenvalue weighted by Gasteiger charge is -2.13. The van der Waals surface area contributed by atoms with Crippen molar-refractivity contribution in [2.24, 2.45) is 0 Å². The van der Waals surface area contributed by atoms with Crippen molar-refractivity contribution in [1.29, 1.82) is 0 Å². The number of halogens is 1. The smallest absolute Gasteiger partial charge is 0.401 e. The molecule has 9 heteroatoms. The SMILES string of the molecule is O=C1S/C(=C\C=C\c2ccc([N+](=O)[O-])o2)C(=O)N1Cc1ccccc1Br. The first-order valence-electron chi connectivity index (χ1n) is 7.35. The van der Waals surface area contributed by atoms with Crippen LogP contribution in [0.3, 0.4) is 0 Å². The number of nitrogens with zero attached hydrogens (tertiary/aromatic N) is 2. The van der Waals surface area contributed by atoms with Crippen molar-refractivity contribution >= 4 is 50.8 Å². The van der Waals surface area contributed by atoms with E-state index in [-0.39, 0.29) is 34.2 Å². The van der Waals surface area contributed by atoms with Crippen LogP contribution in [0.15, 0.2) is 62.3 Å². The van der Waals surface area contributed by atoms with Crippen LogP contribution in [0.4, 0.5) is 10.7 Å². The maximum Gasteiger partial charge on any atom is 0.433 e. The zero-order valence-corrected chi connectivity index (χ0v) is 15.5. The number of allylic oxidation sites excluding steroid dienone is 2. The molecular weight excluding hydrogens is 424 g/mol. The molecule has 1 aliphatic rings. The molecule has 7 nitrogen and oxygen atoms in total. The quantitative estimate of drug-likeness (QED) is 0.383. The first-order valence-corrected chi connectivity index (χ1v) is 8.96. The molecule has 0 bridgehead atoms. The van der Waals surface area contributed by atoms with Gasteiger partial charge in [-0.05, 0) is 41.6 Å². The highest BCUT2D eigenvalue weighted by Crippen LogP contribution is 2.33. The molecule has 2 heterocycles. The van der Waals surface area contributed by atoms with E-state index < -0.39 is 4.92 Å². The van der Waals surface area contributed by atoms with Crippen molar-refractivity contribution in [2.45, 2.75) is 6.54 Å². The van der Waals surface area contributed by atoms with Crippen LogP contribution in [-0.2, 0) is 11.3 Å². The average molecular weight is 435 g/mol. The Labute approximate surface area is 160 Å². The van der Waals surface area contributed by atoms with Crippen LogP contribution in [0.1, 0.15) is 11.3 Å². The van der Waals surface area contributed by atoms with Crippen LogP contribution in [0.2, 0.25) is 0 Å². The van der Waals surface area contributed by atoms with Crippen molar-refractivity contribution in [2.75, 3.05) is 0 Å². The van der Waals surface area contributed by atoms with Gasteiger partial charge >= 0.3 is 5.88 Å². The lowest BCUT2D eigenvalue weighted by atomic mass is 10.2. The van der Waals surface area contributed by atoms with Gasteiger partial charge in [0.05, 0.1) is 17.5 Å². The van der Waals surface area contributed by atoms with Crippen molar-refractivity contribution in [3.05, 3.63) is 79.4 Å². The fourth-order valence-electron chi connectivity index (χ4n) is 2.21. The minimum absolute atomic E-state index is 0.178. The van der Waals surface area contributed by atoms with Crippen molar-refractivity contribution in [3.63, 3.8) is 0 Å². The summed E-state index contributed by atoms with van der Waals surface area (Å²) in [5, 5.41) is 10.2. The van der Waals surface area contributed by atoms with Gasteiger partial charge < -0.3 is 4.42 Å². The van der Waals surface area contributed by atoms with Crippen molar-refractivity contribution in [3.8, 4) is 0 Å². The van der Waals surface area contributed by atoms with E-state index in [0.29, 0.717) is 0 Å². The molecule has 2 aromatic rings. The molecule has 0 spiro atoms. The minimum atomic E-state index is -0.635. The van der Waals surface area contributed by atoms with Gasteiger partial charge in [0, 0.05) is 4.47 Å². The third-order valence-corrected chi connectivity index (χ3v) is 5.16. The molecule has 0 saturated carbocycles. The zero-order chi connectivity index (χ0) is 18.7. The molecular formula is C17H11BrN2O5S. The monoisotopic (exact) mass is 434 g/mol. The summed E-state index contributed by atoms with van der Waals surface area (Å²) in [7, 11) is 0. The number of amides is 2. The molecule has 0 atom stereocenters. The van der Waals surface area contributed by atoms with Crippen molar-refractivity contribution < 1.29 is 18.9 Å². The number of thioether (sulfide) groups is 1. The van der Waals surface area contributed by atoms with Crippen LogP contribution in [0.5, 0.6) is 0 Å². The third kappa shape index (κ3) is 3.94. The molecule has 3 rings (SSSR count). The summed E-state index contributed by atoms with van der Waals surface area (Å²) in [6, 6.07) is 10.0. The van der Waals surface area contributed by atoms with E-state index in [1.54, 1.807) is 0 Å². The first kappa shape index (κ1) is 18.2. The van der Waals surface area contributed by atoms with Gasteiger partial charge in [-0.2, -0.15) is 0 Å². The number of carbonyl (C=O) groups is 2. The fourth-order valence-corrected chi connectivity index (χ4v) is 3.41. The van der Waals surface area contributed by atoms with E-state index in [1.807, 2.05) is 24.3 Å². The summed E-state index contributed by atoms with van der Waals surface area (Å²) >= 11 is 4.24. The largest absolute Gasteiger partial charge is 0.433 e. The Hall–Kier alpha value is -2.65. The second-order valence-corrected chi connectivity index (χ2v) is 7.02. The van der Waals surface area contributed by atoms with Gasteiger partial charge in [0.2, 0.25) is 0 Å². The number of nitro groups is 1. The molecule has 1 aromatic carbocycles. The van der Waals surface area contributed by atoms with E-state index in [9.17, 15) is 19.7 Å². The van der Waals surface area contributed by atoms with E-state index in [1.165, 1.54) is 35.3 Å². The number of furan rings is 1. The van der Waals surface area contributed by atoms with Gasteiger partial charge in [-0.3, -0.25) is 24.6 Å². The molecule has 0 unspecified atom stereocenters. The Morgan fingerprint density at radius 2 is 2.00 bits per heavy atom. The number of rotatable bonds is 5. The molecule has 26 heavy (non-hydrogen) atoms. The van der Waals surface area contributed by atoms with E-state index >= 15 is 0 Å². The average Bonchev–Trinajstić information content (AvgIpc) is 3.17. The Kier molecular flexibility index (Phi) is 5.38. The predicted molar refractivity (Wildman–Crippen MR) is 100 cm³/mol. The van der Waals surface area contributed by atoms with E-state index in [2.05, 4.69) is 15.9 Å². The second-order valence-electron chi connectivity index (χ2n) is 5.17. The summed E-state index contributed by atoms with van der Waals surface area (Å²) in [6.45, 7) is 0.178. The Balaban J connectivity index is 1.71. The summed E-state index contributed by atoms with van der Waals surface area (Å²) < 4.78 is 5.80. The summed E-state index contributed by atoms with van der Waals surface area (Å²) in [5.74, 6) is -0.468. The fraction of sp³-hybridized carbons (Fsp3) is 0.0588. The molecule has 0 radical (unpaired) electrons. The van der Waals surface area contributed by atoms with Gasteiger partial charge in [0.15, 0.2) is 0 Å².